The number of aromatic nitrogens is 1. The third-order valence-corrected chi connectivity index (χ3v) is 2.50. The highest BCUT2D eigenvalue weighted by Crippen LogP contribution is 2.29. The number of esters is 1. The van der Waals surface area contributed by atoms with Gasteiger partial charge in [0, 0.05) is 6.20 Å². The highest BCUT2D eigenvalue weighted by Gasteiger charge is 2.23. The molecule has 0 saturated heterocycles. The zero-order valence-electron chi connectivity index (χ0n) is 8.14. The first kappa shape index (κ1) is 13.0. The van der Waals surface area contributed by atoms with Gasteiger partial charge in [0.05, 0.1) is 16.6 Å². The number of hydrogen-bond acceptors (Lipinski definition) is 3. The first-order valence-corrected chi connectivity index (χ1v) is 5.07. The summed E-state index contributed by atoms with van der Waals surface area (Å²) in [7, 11) is 0. The summed E-state index contributed by atoms with van der Waals surface area (Å²) in [5.74, 6) is -2.13. The third-order valence-electron chi connectivity index (χ3n) is 1.69. The Morgan fingerprint density at radius 1 is 1.62 bits per heavy atom. The van der Waals surface area contributed by atoms with Gasteiger partial charge in [-0.3, -0.25) is 0 Å². The third kappa shape index (κ3) is 2.52. The molecule has 1 heterocycles. The molecule has 0 N–H and O–H groups in total. The van der Waals surface area contributed by atoms with Crippen LogP contribution in [0.4, 0.5) is 13.2 Å². The van der Waals surface area contributed by atoms with E-state index in [0.29, 0.717) is 0 Å². The first-order chi connectivity index (χ1) is 7.49. The Morgan fingerprint density at radius 2 is 2.25 bits per heavy atom. The van der Waals surface area contributed by atoms with E-state index in [0.717, 1.165) is 6.20 Å². The summed E-state index contributed by atoms with van der Waals surface area (Å²) in [5.41, 5.74) is -1.22. The van der Waals surface area contributed by atoms with Gasteiger partial charge in [0.2, 0.25) is 0 Å². The SMILES string of the molecule is CCOC(=O)c1ncc(C(F)F)c(Br)c1F. The molecule has 7 heteroatoms. The van der Waals surface area contributed by atoms with Crippen LogP contribution in [0.3, 0.4) is 0 Å². The van der Waals surface area contributed by atoms with E-state index in [4.69, 9.17) is 0 Å². The van der Waals surface area contributed by atoms with Gasteiger partial charge in [-0.1, -0.05) is 0 Å². The molecule has 0 aliphatic rings. The zero-order valence-corrected chi connectivity index (χ0v) is 9.72. The van der Waals surface area contributed by atoms with Crippen LogP contribution in [-0.2, 0) is 4.74 Å². The van der Waals surface area contributed by atoms with Crippen molar-refractivity contribution in [3.63, 3.8) is 0 Å². The van der Waals surface area contributed by atoms with Crippen molar-refractivity contribution in [3.05, 3.63) is 27.7 Å². The Kier molecular flexibility index (Phi) is 4.28. The highest BCUT2D eigenvalue weighted by atomic mass is 79.9. The summed E-state index contributed by atoms with van der Waals surface area (Å²) in [6.07, 6.45) is -2.13. The molecule has 0 radical (unpaired) electrons. The van der Waals surface area contributed by atoms with E-state index < -0.39 is 33.9 Å². The largest absolute Gasteiger partial charge is 0.461 e. The van der Waals surface area contributed by atoms with Crippen molar-refractivity contribution in [1.29, 1.82) is 0 Å². The molecule has 0 bridgehead atoms. The predicted octanol–water partition coefficient (Wildman–Crippen LogP) is 3.10. The van der Waals surface area contributed by atoms with Crippen LogP contribution >= 0.6 is 15.9 Å². The number of carbonyl (C=O) groups excluding carboxylic acids is 1. The molecule has 0 saturated carbocycles. The topological polar surface area (TPSA) is 39.2 Å². The fourth-order valence-electron chi connectivity index (χ4n) is 0.972. The van der Waals surface area contributed by atoms with E-state index in [9.17, 15) is 18.0 Å². The predicted molar refractivity (Wildman–Crippen MR) is 52.8 cm³/mol. The van der Waals surface area contributed by atoms with Gasteiger partial charge in [-0.15, -0.1) is 0 Å². The summed E-state index contributed by atoms with van der Waals surface area (Å²) in [6, 6.07) is 0. The second kappa shape index (κ2) is 5.29. The molecule has 1 aromatic rings. The van der Waals surface area contributed by atoms with Crippen LogP contribution in [-0.4, -0.2) is 17.6 Å². The van der Waals surface area contributed by atoms with E-state index >= 15 is 0 Å². The molecule has 0 aliphatic heterocycles. The summed E-state index contributed by atoms with van der Waals surface area (Å²) >= 11 is 2.65. The normalized spacial score (nSPS) is 10.6. The maximum absolute atomic E-state index is 13.5. The highest BCUT2D eigenvalue weighted by molar-refractivity contribution is 9.10. The lowest BCUT2D eigenvalue weighted by atomic mass is 10.2. The average Bonchev–Trinajstić information content (AvgIpc) is 2.21. The van der Waals surface area contributed by atoms with E-state index in [-0.39, 0.29) is 6.61 Å². The van der Waals surface area contributed by atoms with Crippen molar-refractivity contribution in [2.45, 2.75) is 13.3 Å². The van der Waals surface area contributed by atoms with Gasteiger partial charge in [0.25, 0.3) is 6.43 Å². The Bertz CT molecular complexity index is 412. The number of nitrogens with zero attached hydrogens (tertiary/aromatic N) is 1. The molecule has 0 amide bonds. The standard InChI is InChI=1S/C9H7BrF3NO2/c1-2-16-9(15)7-6(11)5(10)4(3-14-7)8(12)13/h3,8H,2H2,1H3. The van der Waals surface area contributed by atoms with E-state index in [2.05, 4.69) is 25.7 Å². The number of rotatable bonds is 3. The lowest BCUT2D eigenvalue weighted by molar-refractivity contribution is 0.0512. The van der Waals surface area contributed by atoms with E-state index in [1.807, 2.05) is 0 Å². The molecule has 0 aromatic carbocycles. The van der Waals surface area contributed by atoms with Crippen molar-refractivity contribution in [2.75, 3.05) is 6.61 Å². The van der Waals surface area contributed by atoms with Crippen molar-refractivity contribution in [2.24, 2.45) is 0 Å². The number of carbonyl (C=O) groups is 1. The molecule has 88 valence electrons. The average molecular weight is 298 g/mol. The second-order valence-electron chi connectivity index (χ2n) is 2.71. The molecule has 16 heavy (non-hydrogen) atoms. The molecule has 0 unspecified atom stereocenters. The first-order valence-electron chi connectivity index (χ1n) is 4.28. The molecular formula is C9H7BrF3NO2. The number of pyridine rings is 1. The summed E-state index contributed by atoms with van der Waals surface area (Å²) in [6.45, 7) is 1.59. The number of halogens is 4. The van der Waals surface area contributed by atoms with Gasteiger partial charge in [-0.2, -0.15) is 0 Å². The number of alkyl halides is 2. The van der Waals surface area contributed by atoms with E-state index in [1.54, 1.807) is 6.92 Å². The van der Waals surface area contributed by atoms with Crippen molar-refractivity contribution < 1.29 is 22.7 Å². The molecule has 3 nitrogen and oxygen atoms in total. The maximum Gasteiger partial charge on any atom is 0.360 e. The molecule has 0 spiro atoms. The van der Waals surface area contributed by atoms with Crippen LogP contribution < -0.4 is 0 Å². The smallest absolute Gasteiger partial charge is 0.360 e. The summed E-state index contributed by atoms with van der Waals surface area (Å²) in [5, 5.41) is 0. The molecule has 0 aliphatic carbocycles. The van der Waals surface area contributed by atoms with Crippen LogP contribution in [0, 0.1) is 5.82 Å². The molecule has 0 atom stereocenters. The lowest BCUT2D eigenvalue weighted by Crippen LogP contribution is -2.11. The fourth-order valence-corrected chi connectivity index (χ4v) is 1.44. The minimum atomic E-state index is -2.87. The monoisotopic (exact) mass is 297 g/mol. The second-order valence-corrected chi connectivity index (χ2v) is 3.50. The van der Waals surface area contributed by atoms with Gasteiger partial charge in [0.15, 0.2) is 11.5 Å². The fraction of sp³-hybridized carbons (Fsp3) is 0.333. The van der Waals surface area contributed by atoms with Crippen LogP contribution in [0.25, 0.3) is 0 Å². The molecule has 0 fully saturated rings. The molecule has 1 rings (SSSR count). The Labute approximate surface area is 97.8 Å². The van der Waals surface area contributed by atoms with Crippen molar-refractivity contribution in [3.8, 4) is 0 Å². The van der Waals surface area contributed by atoms with Gasteiger partial charge < -0.3 is 4.74 Å². The van der Waals surface area contributed by atoms with Gasteiger partial charge in [-0.25, -0.2) is 22.9 Å². The lowest BCUT2D eigenvalue weighted by Gasteiger charge is -2.07. The minimum Gasteiger partial charge on any atom is -0.461 e. The van der Waals surface area contributed by atoms with Gasteiger partial charge in [-0.05, 0) is 22.9 Å². The minimum absolute atomic E-state index is 0.0498. The Morgan fingerprint density at radius 3 is 2.75 bits per heavy atom. The van der Waals surface area contributed by atoms with Gasteiger partial charge in [0.1, 0.15) is 0 Å². The number of hydrogen-bond donors (Lipinski definition) is 0. The van der Waals surface area contributed by atoms with Crippen molar-refractivity contribution in [1.82, 2.24) is 4.98 Å². The van der Waals surface area contributed by atoms with Crippen LogP contribution in [0.5, 0.6) is 0 Å². The van der Waals surface area contributed by atoms with Crippen molar-refractivity contribution >= 4 is 21.9 Å². The summed E-state index contributed by atoms with van der Waals surface area (Å²) < 4.78 is 42.2. The van der Waals surface area contributed by atoms with Crippen LogP contribution in [0.1, 0.15) is 29.4 Å². The molecule has 1 aromatic heterocycles. The van der Waals surface area contributed by atoms with Gasteiger partial charge >= 0.3 is 5.97 Å². The number of ether oxygens (including phenoxy) is 1. The van der Waals surface area contributed by atoms with E-state index in [1.165, 1.54) is 0 Å². The maximum atomic E-state index is 13.5. The molecular weight excluding hydrogens is 291 g/mol. The van der Waals surface area contributed by atoms with Crippen LogP contribution in [0.2, 0.25) is 0 Å². The Balaban J connectivity index is 3.16. The zero-order chi connectivity index (χ0) is 12.3. The Hall–Kier alpha value is -1.11. The quantitative estimate of drug-likeness (QED) is 0.805. The van der Waals surface area contributed by atoms with Crippen LogP contribution in [0.15, 0.2) is 10.7 Å². The summed E-state index contributed by atoms with van der Waals surface area (Å²) in [4.78, 5) is 14.5.